The SMILES string of the molecule is CC(C)(C)OC(=O)c1cc2ccc(C(=O)NN)cc2[nH]1. The van der Waals surface area contributed by atoms with Crippen molar-refractivity contribution in [2.45, 2.75) is 26.4 Å². The fraction of sp³-hybridized carbons (Fsp3) is 0.286. The van der Waals surface area contributed by atoms with Gasteiger partial charge in [0.15, 0.2) is 0 Å². The van der Waals surface area contributed by atoms with E-state index in [-0.39, 0.29) is 5.91 Å². The first-order valence-electron chi connectivity index (χ1n) is 6.17. The molecule has 1 heterocycles. The zero-order valence-corrected chi connectivity index (χ0v) is 11.6. The van der Waals surface area contributed by atoms with Crippen LogP contribution in [0, 0.1) is 0 Å². The lowest BCUT2D eigenvalue weighted by atomic mass is 10.1. The Morgan fingerprint density at radius 2 is 1.95 bits per heavy atom. The zero-order valence-electron chi connectivity index (χ0n) is 11.6. The largest absolute Gasteiger partial charge is 0.455 e. The molecule has 2 rings (SSSR count). The number of nitrogen functional groups attached to an aromatic ring is 1. The molecule has 6 heteroatoms. The summed E-state index contributed by atoms with van der Waals surface area (Å²) in [6.45, 7) is 5.41. The van der Waals surface area contributed by atoms with Gasteiger partial charge < -0.3 is 9.72 Å². The van der Waals surface area contributed by atoms with Crippen molar-refractivity contribution >= 4 is 22.8 Å². The number of esters is 1. The smallest absolute Gasteiger partial charge is 0.355 e. The number of nitrogens with one attached hydrogen (secondary N) is 2. The molecule has 4 N–H and O–H groups in total. The molecule has 0 spiro atoms. The van der Waals surface area contributed by atoms with Gasteiger partial charge in [0.05, 0.1) is 0 Å². The lowest BCUT2D eigenvalue weighted by Crippen LogP contribution is -2.29. The number of aromatic amines is 1. The van der Waals surface area contributed by atoms with Crippen molar-refractivity contribution in [3.8, 4) is 0 Å². The van der Waals surface area contributed by atoms with Crippen LogP contribution in [0.3, 0.4) is 0 Å². The van der Waals surface area contributed by atoms with Crippen molar-refractivity contribution < 1.29 is 14.3 Å². The van der Waals surface area contributed by atoms with Gasteiger partial charge in [-0.2, -0.15) is 0 Å². The molecule has 6 nitrogen and oxygen atoms in total. The number of hydrazine groups is 1. The molecule has 1 aromatic heterocycles. The summed E-state index contributed by atoms with van der Waals surface area (Å²) in [6, 6.07) is 6.69. The first kappa shape index (κ1) is 14.1. The van der Waals surface area contributed by atoms with Crippen LogP contribution in [0.1, 0.15) is 41.6 Å². The van der Waals surface area contributed by atoms with Crippen LogP contribution < -0.4 is 11.3 Å². The molecule has 0 fully saturated rings. The zero-order chi connectivity index (χ0) is 14.9. The van der Waals surface area contributed by atoms with Crippen LogP contribution in [0.5, 0.6) is 0 Å². The van der Waals surface area contributed by atoms with E-state index in [0.29, 0.717) is 16.8 Å². The molecule has 1 amide bonds. The van der Waals surface area contributed by atoms with Gasteiger partial charge in [0.1, 0.15) is 11.3 Å². The number of carbonyl (C=O) groups excluding carboxylic acids is 2. The minimum absolute atomic E-state index is 0.347. The van der Waals surface area contributed by atoms with Crippen LogP contribution in [0.15, 0.2) is 24.3 Å². The van der Waals surface area contributed by atoms with Gasteiger partial charge in [-0.05, 0) is 39.0 Å². The van der Waals surface area contributed by atoms with Crippen LogP contribution in [0.2, 0.25) is 0 Å². The molecule has 0 radical (unpaired) electrons. The Bertz CT molecular complexity index is 668. The first-order valence-corrected chi connectivity index (χ1v) is 6.17. The molecule has 2 aromatic rings. The van der Waals surface area contributed by atoms with Gasteiger partial charge in [-0.3, -0.25) is 10.2 Å². The fourth-order valence-corrected chi connectivity index (χ4v) is 1.79. The van der Waals surface area contributed by atoms with E-state index in [4.69, 9.17) is 10.6 Å². The fourth-order valence-electron chi connectivity index (χ4n) is 1.79. The Hall–Kier alpha value is -2.34. The molecule has 0 atom stereocenters. The summed E-state index contributed by atoms with van der Waals surface area (Å²) >= 11 is 0. The monoisotopic (exact) mass is 275 g/mol. The maximum absolute atomic E-state index is 12.0. The van der Waals surface area contributed by atoms with Crippen LogP contribution in [0.4, 0.5) is 0 Å². The summed E-state index contributed by atoms with van der Waals surface area (Å²) in [7, 11) is 0. The third kappa shape index (κ3) is 2.97. The van der Waals surface area contributed by atoms with E-state index in [2.05, 4.69) is 10.4 Å². The van der Waals surface area contributed by atoms with Crippen LogP contribution in [0.25, 0.3) is 10.9 Å². The number of amides is 1. The summed E-state index contributed by atoms with van der Waals surface area (Å²) in [5.41, 5.74) is 2.94. The van der Waals surface area contributed by atoms with E-state index >= 15 is 0 Å². The van der Waals surface area contributed by atoms with Gasteiger partial charge in [-0.15, -0.1) is 0 Å². The number of benzene rings is 1. The van der Waals surface area contributed by atoms with Gasteiger partial charge in [-0.1, -0.05) is 6.07 Å². The van der Waals surface area contributed by atoms with Crippen molar-refractivity contribution in [2.24, 2.45) is 5.84 Å². The summed E-state index contributed by atoms with van der Waals surface area (Å²) in [4.78, 5) is 26.3. The number of rotatable bonds is 2. The Balaban J connectivity index is 2.34. The second-order valence-electron chi connectivity index (χ2n) is 5.46. The average molecular weight is 275 g/mol. The Kier molecular flexibility index (Phi) is 3.50. The van der Waals surface area contributed by atoms with E-state index in [1.165, 1.54) is 0 Å². The number of hydrogen-bond donors (Lipinski definition) is 3. The number of ether oxygens (including phenoxy) is 1. The number of hydrogen-bond acceptors (Lipinski definition) is 4. The van der Waals surface area contributed by atoms with E-state index in [9.17, 15) is 9.59 Å². The molecule has 0 aliphatic heterocycles. The molecular formula is C14H17N3O3. The third-order valence-electron chi connectivity index (χ3n) is 2.63. The average Bonchev–Trinajstić information content (AvgIpc) is 2.78. The lowest BCUT2D eigenvalue weighted by Gasteiger charge is -2.18. The van der Waals surface area contributed by atoms with E-state index < -0.39 is 11.6 Å². The topological polar surface area (TPSA) is 97.2 Å². The maximum atomic E-state index is 12.0. The standard InChI is InChI=1S/C14H17N3O3/c1-14(2,3)20-13(19)11-6-8-4-5-9(12(18)17-15)7-10(8)16-11/h4-7,16H,15H2,1-3H3,(H,17,18). The number of aromatic nitrogens is 1. The first-order chi connectivity index (χ1) is 9.30. The molecule has 1 aromatic carbocycles. The quantitative estimate of drug-likeness (QED) is 0.336. The highest BCUT2D eigenvalue weighted by Crippen LogP contribution is 2.19. The van der Waals surface area contributed by atoms with E-state index in [0.717, 1.165) is 5.39 Å². The molecule has 0 saturated carbocycles. The Morgan fingerprint density at radius 1 is 1.25 bits per heavy atom. The lowest BCUT2D eigenvalue weighted by molar-refractivity contribution is 0.00638. The third-order valence-corrected chi connectivity index (χ3v) is 2.63. The number of carbonyl (C=O) groups is 2. The molecule has 0 saturated heterocycles. The van der Waals surface area contributed by atoms with Gasteiger partial charge >= 0.3 is 5.97 Å². The van der Waals surface area contributed by atoms with E-state index in [1.807, 2.05) is 0 Å². The van der Waals surface area contributed by atoms with Crippen LogP contribution >= 0.6 is 0 Å². The van der Waals surface area contributed by atoms with E-state index in [1.54, 1.807) is 45.0 Å². The Labute approximate surface area is 116 Å². The van der Waals surface area contributed by atoms with Crippen molar-refractivity contribution in [3.05, 3.63) is 35.5 Å². The predicted molar refractivity (Wildman–Crippen MR) is 75.1 cm³/mol. The summed E-state index contributed by atoms with van der Waals surface area (Å²) in [5, 5.41) is 0.819. The Morgan fingerprint density at radius 3 is 2.55 bits per heavy atom. The number of fused-ring (bicyclic) bond motifs is 1. The highest BCUT2D eigenvalue weighted by molar-refractivity contribution is 6.00. The maximum Gasteiger partial charge on any atom is 0.355 e. The summed E-state index contributed by atoms with van der Waals surface area (Å²) in [5.74, 6) is 4.27. The summed E-state index contributed by atoms with van der Waals surface area (Å²) in [6.07, 6.45) is 0. The number of H-pyrrole nitrogens is 1. The molecule has 0 aliphatic carbocycles. The van der Waals surface area contributed by atoms with Gasteiger partial charge in [0.2, 0.25) is 0 Å². The van der Waals surface area contributed by atoms with Crippen LogP contribution in [-0.4, -0.2) is 22.5 Å². The molecule has 0 unspecified atom stereocenters. The molecule has 0 aliphatic rings. The second-order valence-corrected chi connectivity index (χ2v) is 5.46. The van der Waals surface area contributed by atoms with Crippen molar-refractivity contribution in [1.82, 2.24) is 10.4 Å². The minimum atomic E-state index is -0.557. The van der Waals surface area contributed by atoms with Crippen LogP contribution in [-0.2, 0) is 4.74 Å². The number of nitrogens with two attached hydrogens (primary N) is 1. The highest BCUT2D eigenvalue weighted by Gasteiger charge is 2.19. The second kappa shape index (κ2) is 4.97. The van der Waals surface area contributed by atoms with Crippen molar-refractivity contribution in [2.75, 3.05) is 0 Å². The normalized spacial score (nSPS) is 11.4. The molecule has 0 bridgehead atoms. The van der Waals surface area contributed by atoms with Crippen molar-refractivity contribution in [3.63, 3.8) is 0 Å². The molecular weight excluding hydrogens is 258 g/mol. The molecule has 20 heavy (non-hydrogen) atoms. The van der Waals surface area contributed by atoms with Gasteiger partial charge in [-0.25, -0.2) is 10.6 Å². The highest BCUT2D eigenvalue weighted by atomic mass is 16.6. The summed E-state index contributed by atoms with van der Waals surface area (Å²) < 4.78 is 5.28. The van der Waals surface area contributed by atoms with Crippen molar-refractivity contribution in [1.29, 1.82) is 0 Å². The predicted octanol–water partition coefficient (Wildman–Crippen LogP) is 1.73. The molecule has 106 valence electrons. The van der Waals surface area contributed by atoms with Gasteiger partial charge in [0.25, 0.3) is 5.91 Å². The minimum Gasteiger partial charge on any atom is -0.455 e. The van der Waals surface area contributed by atoms with Gasteiger partial charge in [0, 0.05) is 16.5 Å².